The Labute approximate surface area is 170 Å². The summed E-state index contributed by atoms with van der Waals surface area (Å²) in [6.07, 6.45) is 0. The number of ether oxygens (including phenoxy) is 1. The van der Waals surface area contributed by atoms with Crippen LogP contribution in [0, 0.1) is 0 Å². The van der Waals surface area contributed by atoms with Crippen molar-refractivity contribution in [1.29, 1.82) is 0 Å². The molecule has 0 aliphatic carbocycles. The van der Waals surface area contributed by atoms with Crippen LogP contribution in [0.25, 0.3) is 10.9 Å². The highest BCUT2D eigenvalue weighted by Gasteiger charge is 2.34. The van der Waals surface area contributed by atoms with E-state index in [1.165, 1.54) is 0 Å². The predicted octanol–water partition coefficient (Wildman–Crippen LogP) is 2.43. The number of carbonyl (C=O) groups is 3. The van der Waals surface area contributed by atoms with Crippen molar-refractivity contribution in [3.63, 3.8) is 0 Å². The summed E-state index contributed by atoms with van der Waals surface area (Å²) in [4.78, 5) is 41.0. The summed E-state index contributed by atoms with van der Waals surface area (Å²) in [5.74, 6) is -1.88. The van der Waals surface area contributed by atoms with E-state index >= 15 is 0 Å². The standard InChI is InChI=1S/C20H16ClN3O5/c21-12-5-6-13-11(7-12)8-14(22-13)19(27)23-15-10-29-17-4-2-1-3-16(17)24(20(15)28)9-18(25)26/h1-8,15,22H,9-10H2,(H,23,27)(H,25,26). The summed E-state index contributed by atoms with van der Waals surface area (Å²) >= 11 is 5.97. The van der Waals surface area contributed by atoms with Gasteiger partial charge in [0.1, 0.15) is 30.6 Å². The van der Waals surface area contributed by atoms with Crippen molar-refractivity contribution in [3.05, 3.63) is 59.2 Å². The quantitative estimate of drug-likeness (QED) is 0.608. The summed E-state index contributed by atoms with van der Waals surface area (Å²) in [6, 6.07) is 12.4. The van der Waals surface area contributed by atoms with Crippen molar-refractivity contribution in [2.75, 3.05) is 18.1 Å². The SMILES string of the molecule is O=C(O)CN1C(=O)C(NC(=O)c2cc3cc(Cl)ccc3[nH]2)COc2ccccc21. The fourth-order valence-corrected chi connectivity index (χ4v) is 3.40. The van der Waals surface area contributed by atoms with Crippen molar-refractivity contribution in [2.24, 2.45) is 0 Å². The van der Waals surface area contributed by atoms with Crippen LogP contribution in [0.15, 0.2) is 48.5 Å². The molecule has 3 N–H and O–H groups in total. The first-order valence-electron chi connectivity index (χ1n) is 8.76. The third-order valence-electron chi connectivity index (χ3n) is 4.55. The van der Waals surface area contributed by atoms with Crippen LogP contribution in [0.4, 0.5) is 5.69 Å². The molecule has 0 saturated carbocycles. The molecule has 0 spiro atoms. The highest BCUT2D eigenvalue weighted by Crippen LogP contribution is 2.31. The van der Waals surface area contributed by atoms with Crippen LogP contribution < -0.4 is 15.0 Å². The number of carboxylic acid groups (broad SMARTS) is 1. The molecule has 0 saturated heterocycles. The lowest BCUT2D eigenvalue weighted by atomic mass is 10.2. The molecule has 0 bridgehead atoms. The Bertz CT molecular complexity index is 1130. The summed E-state index contributed by atoms with van der Waals surface area (Å²) in [6.45, 7) is -0.666. The molecule has 148 valence electrons. The molecule has 1 atom stereocenters. The number of carboxylic acids is 1. The van der Waals surface area contributed by atoms with E-state index in [4.69, 9.17) is 16.3 Å². The minimum atomic E-state index is -1.17. The largest absolute Gasteiger partial charge is 0.489 e. The number of nitrogens with zero attached hydrogens (tertiary/aromatic N) is 1. The molecule has 9 heteroatoms. The van der Waals surface area contributed by atoms with Gasteiger partial charge in [-0.1, -0.05) is 23.7 Å². The van der Waals surface area contributed by atoms with Gasteiger partial charge in [-0.3, -0.25) is 19.3 Å². The van der Waals surface area contributed by atoms with E-state index in [1.807, 2.05) is 0 Å². The van der Waals surface area contributed by atoms with Gasteiger partial charge < -0.3 is 20.1 Å². The van der Waals surface area contributed by atoms with Crippen molar-refractivity contribution in [3.8, 4) is 5.75 Å². The fourth-order valence-electron chi connectivity index (χ4n) is 3.22. The van der Waals surface area contributed by atoms with Crippen molar-refractivity contribution < 1.29 is 24.2 Å². The van der Waals surface area contributed by atoms with Crippen LogP contribution in [0.2, 0.25) is 5.02 Å². The Morgan fingerprint density at radius 1 is 1.24 bits per heavy atom. The van der Waals surface area contributed by atoms with Gasteiger partial charge in [-0.05, 0) is 36.4 Å². The Morgan fingerprint density at radius 2 is 2.03 bits per heavy atom. The average molecular weight is 414 g/mol. The van der Waals surface area contributed by atoms with E-state index < -0.39 is 30.4 Å². The molecule has 1 aliphatic heterocycles. The highest BCUT2D eigenvalue weighted by atomic mass is 35.5. The molecule has 8 nitrogen and oxygen atoms in total. The normalized spacial score (nSPS) is 16.1. The molecule has 1 aromatic heterocycles. The number of fused-ring (bicyclic) bond motifs is 2. The average Bonchev–Trinajstić information content (AvgIpc) is 3.07. The lowest BCUT2D eigenvalue weighted by molar-refractivity contribution is -0.136. The van der Waals surface area contributed by atoms with E-state index in [0.717, 1.165) is 15.8 Å². The topological polar surface area (TPSA) is 112 Å². The van der Waals surface area contributed by atoms with Crippen molar-refractivity contribution in [1.82, 2.24) is 10.3 Å². The molecule has 1 aliphatic rings. The number of rotatable bonds is 4. The number of benzene rings is 2. The first-order chi connectivity index (χ1) is 13.9. The van der Waals surface area contributed by atoms with E-state index in [0.29, 0.717) is 16.5 Å². The van der Waals surface area contributed by atoms with Gasteiger partial charge in [0.2, 0.25) is 0 Å². The maximum Gasteiger partial charge on any atom is 0.323 e. The second kappa shape index (κ2) is 7.48. The monoisotopic (exact) mass is 413 g/mol. The number of aromatic amines is 1. The number of aliphatic carboxylic acids is 1. The van der Waals surface area contributed by atoms with Crippen LogP contribution in [0.3, 0.4) is 0 Å². The molecule has 2 amide bonds. The van der Waals surface area contributed by atoms with Gasteiger partial charge in [-0.25, -0.2) is 0 Å². The minimum absolute atomic E-state index is 0.121. The van der Waals surface area contributed by atoms with Crippen molar-refractivity contribution in [2.45, 2.75) is 6.04 Å². The Balaban J connectivity index is 1.60. The number of anilines is 1. The fraction of sp³-hybridized carbons (Fsp3) is 0.150. The van der Waals surface area contributed by atoms with E-state index in [-0.39, 0.29) is 12.3 Å². The number of H-pyrrole nitrogens is 1. The molecule has 0 fully saturated rings. The summed E-state index contributed by atoms with van der Waals surface area (Å²) < 4.78 is 5.66. The molecule has 2 heterocycles. The first-order valence-corrected chi connectivity index (χ1v) is 9.14. The zero-order valence-electron chi connectivity index (χ0n) is 15.0. The van der Waals surface area contributed by atoms with Gasteiger partial charge in [0.05, 0.1) is 5.69 Å². The number of hydrogen-bond donors (Lipinski definition) is 3. The zero-order valence-corrected chi connectivity index (χ0v) is 15.8. The van der Waals surface area contributed by atoms with Crippen LogP contribution in [-0.2, 0) is 9.59 Å². The van der Waals surface area contributed by atoms with E-state index in [2.05, 4.69) is 10.3 Å². The van der Waals surface area contributed by atoms with Crippen molar-refractivity contribution >= 4 is 46.0 Å². The molecule has 4 rings (SSSR count). The molecular formula is C20H16ClN3O5. The molecule has 29 heavy (non-hydrogen) atoms. The number of hydrogen-bond acceptors (Lipinski definition) is 4. The lowest BCUT2D eigenvalue weighted by Gasteiger charge is -2.22. The Kier molecular flexibility index (Phi) is 4.85. The minimum Gasteiger partial charge on any atom is -0.489 e. The first kappa shape index (κ1) is 18.8. The van der Waals surface area contributed by atoms with Crippen LogP contribution in [0.5, 0.6) is 5.75 Å². The van der Waals surface area contributed by atoms with Gasteiger partial charge in [0.25, 0.3) is 11.8 Å². The molecule has 2 aromatic carbocycles. The molecule has 3 aromatic rings. The van der Waals surface area contributed by atoms with Crippen LogP contribution >= 0.6 is 11.6 Å². The third kappa shape index (κ3) is 3.74. The second-order valence-electron chi connectivity index (χ2n) is 6.54. The van der Waals surface area contributed by atoms with Gasteiger partial charge >= 0.3 is 5.97 Å². The molecular weight excluding hydrogens is 398 g/mol. The van der Waals surface area contributed by atoms with Gasteiger partial charge in [-0.2, -0.15) is 0 Å². The summed E-state index contributed by atoms with van der Waals surface area (Å²) in [5.41, 5.74) is 1.32. The van der Waals surface area contributed by atoms with Gasteiger partial charge in [-0.15, -0.1) is 0 Å². The van der Waals surface area contributed by atoms with Gasteiger partial charge in [0, 0.05) is 15.9 Å². The highest BCUT2D eigenvalue weighted by molar-refractivity contribution is 6.31. The number of nitrogens with one attached hydrogen (secondary N) is 2. The molecule has 0 radical (unpaired) electrons. The summed E-state index contributed by atoms with van der Waals surface area (Å²) in [7, 11) is 0. The number of halogens is 1. The maximum absolute atomic E-state index is 13.0. The molecule has 1 unspecified atom stereocenters. The Morgan fingerprint density at radius 3 is 2.83 bits per heavy atom. The second-order valence-corrected chi connectivity index (χ2v) is 6.97. The van der Waals surface area contributed by atoms with Crippen LogP contribution in [0.1, 0.15) is 10.5 Å². The number of carbonyl (C=O) groups excluding carboxylic acids is 2. The van der Waals surface area contributed by atoms with Crippen LogP contribution in [-0.4, -0.2) is 47.1 Å². The van der Waals surface area contributed by atoms with E-state index in [9.17, 15) is 19.5 Å². The number of aromatic nitrogens is 1. The number of amides is 2. The zero-order chi connectivity index (χ0) is 20.5. The van der Waals surface area contributed by atoms with E-state index in [1.54, 1.807) is 48.5 Å². The third-order valence-corrected chi connectivity index (χ3v) is 4.79. The maximum atomic E-state index is 13.0. The smallest absolute Gasteiger partial charge is 0.323 e. The predicted molar refractivity (Wildman–Crippen MR) is 106 cm³/mol. The lowest BCUT2D eigenvalue weighted by Crippen LogP contribution is -2.51. The Hall–Kier alpha value is -3.52. The number of para-hydroxylation sites is 2. The van der Waals surface area contributed by atoms with Gasteiger partial charge in [0.15, 0.2) is 0 Å². The summed E-state index contributed by atoms with van der Waals surface area (Å²) in [5, 5.41) is 13.1.